The van der Waals surface area contributed by atoms with Gasteiger partial charge >= 0.3 is 0 Å². The Morgan fingerprint density at radius 2 is 1.59 bits per heavy atom. The average molecular weight is 240 g/mol. The minimum absolute atomic E-state index is 0.562. The molecule has 1 aliphatic rings. The van der Waals surface area contributed by atoms with Crippen molar-refractivity contribution in [3.05, 3.63) is 0 Å². The molecular weight excluding hydrogens is 208 g/mol. The molecular formula is C15H32N2. The standard InChI is InChI=1S/C15H32N2/c1-13(2)9-8-12-15(17-16)14-10-6-4-3-5-7-11-14/h13-15,17H,3-12,16H2,1-2H3. The lowest BCUT2D eigenvalue weighted by atomic mass is 9.84. The first-order valence-corrected chi connectivity index (χ1v) is 7.70. The molecule has 0 aromatic heterocycles. The van der Waals surface area contributed by atoms with E-state index in [1.54, 1.807) is 0 Å². The predicted molar refractivity (Wildman–Crippen MR) is 75.6 cm³/mol. The van der Waals surface area contributed by atoms with Crippen LogP contribution in [-0.2, 0) is 0 Å². The summed E-state index contributed by atoms with van der Waals surface area (Å²) in [7, 11) is 0. The van der Waals surface area contributed by atoms with Crippen molar-refractivity contribution in [1.29, 1.82) is 0 Å². The summed E-state index contributed by atoms with van der Waals surface area (Å²) in [6.45, 7) is 4.61. The molecule has 3 N–H and O–H groups in total. The number of hydrazine groups is 1. The fourth-order valence-electron chi connectivity index (χ4n) is 3.09. The summed E-state index contributed by atoms with van der Waals surface area (Å²) >= 11 is 0. The molecule has 0 radical (unpaired) electrons. The molecule has 1 rings (SSSR count). The first-order chi connectivity index (χ1) is 8.24. The van der Waals surface area contributed by atoms with Crippen LogP contribution in [0.1, 0.15) is 78.1 Å². The third-order valence-corrected chi connectivity index (χ3v) is 4.23. The van der Waals surface area contributed by atoms with Gasteiger partial charge in [-0.25, -0.2) is 0 Å². The predicted octanol–water partition coefficient (Wildman–Crippen LogP) is 4.01. The summed E-state index contributed by atoms with van der Waals surface area (Å²) in [4.78, 5) is 0. The van der Waals surface area contributed by atoms with Crippen molar-refractivity contribution < 1.29 is 0 Å². The van der Waals surface area contributed by atoms with Crippen molar-refractivity contribution in [2.45, 2.75) is 84.1 Å². The Morgan fingerprint density at radius 3 is 2.12 bits per heavy atom. The van der Waals surface area contributed by atoms with Gasteiger partial charge < -0.3 is 0 Å². The summed E-state index contributed by atoms with van der Waals surface area (Å²) in [6, 6.07) is 0.562. The van der Waals surface area contributed by atoms with Crippen LogP contribution in [0.4, 0.5) is 0 Å². The quantitative estimate of drug-likeness (QED) is 0.544. The van der Waals surface area contributed by atoms with Gasteiger partial charge in [-0.1, -0.05) is 58.8 Å². The fourth-order valence-corrected chi connectivity index (χ4v) is 3.09. The van der Waals surface area contributed by atoms with Gasteiger partial charge in [-0.05, 0) is 31.1 Å². The normalized spacial score (nSPS) is 21.2. The molecule has 0 aliphatic heterocycles. The third kappa shape index (κ3) is 6.42. The monoisotopic (exact) mass is 240 g/mol. The van der Waals surface area contributed by atoms with Crippen molar-refractivity contribution >= 4 is 0 Å². The van der Waals surface area contributed by atoms with E-state index in [0.29, 0.717) is 6.04 Å². The molecule has 1 aliphatic carbocycles. The Kier molecular flexibility index (Phi) is 7.87. The summed E-state index contributed by atoms with van der Waals surface area (Å²) in [6.07, 6.45) is 13.8. The van der Waals surface area contributed by atoms with E-state index >= 15 is 0 Å². The second kappa shape index (κ2) is 8.93. The molecule has 1 unspecified atom stereocenters. The Bertz CT molecular complexity index is 172. The lowest BCUT2D eigenvalue weighted by molar-refractivity contribution is 0.268. The van der Waals surface area contributed by atoms with E-state index in [2.05, 4.69) is 19.3 Å². The van der Waals surface area contributed by atoms with Gasteiger partial charge in [0.2, 0.25) is 0 Å². The van der Waals surface area contributed by atoms with Crippen LogP contribution in [0.5, 0.6) is 0 Å². The smallest absolute Gasteiger partial charge is 0.0238 e. The number of hydrogen-bond donors (Lipinski definition) is 2. The SMILES string of the molecule is CC(C)CCCC(NN)C1CCCCCCC1. The van der Waals surface area contributed by atoms with Gasteiger partial charge in [-0.15, -0.1) is 0 Å². The molecule has 17 heavy (non-hydrogen) atoms. The van der Waals surface area contributed by atoms with E-state index in [4.69, 9.17) is 5.84 Å². The van der Waals surface area contributed by atoms with Crippen LogP contribution in [0.25, 0.3) is 0 Å². The third-order valence-electron chi connectivity index (χ3n) is 4.23. The number of nitrogens with one attached hydrogen (secondary N) is 1. The topological polar surface area (TPSA) is 38.0 Å². The molecule has 0 saturated heterocycles. The highest BCUT2D eigenvalue weighted by molar-refractivity contribution is 4.76. The van der Waals surface area contributed by atoms with Gasteiger partial charge in [0.15, 0.2) is 0 Å². The molecule has 0 aromatic rings. The second-order valence-electron chi connectivity index (χ2n) is 6.20. The summed E-state index contributed by atoms with van der Waals surface area (Å²) in [5.41, 5.74) is 3.09. The van der Waals surface area contributed by atoms with Gasteiger partial charge in [-0.3, -0.25) is 11.3 Å². The van der Waals surface area contributed by atoms with Crippen LogP contribution in [0.2, 0.25) is 0 Å². The van der Waals surface area contributed by atoms with Gasteiger partial charge in [0.1, 0.15) is 0 Å². The molecule has 2 nitrogen and oxygen atoms in total. The van der Waals surface area contributed by atoms with Crippen LogP contribution in [-0.4, -0.2) is 6.04 Å². The Labute approximate surface area is 108 Å². The number of hydrogen-bond acceptors (Lipinski definition) is 2. The summed E-state index contributed by atoms with van der Waals surface area (Å²) in [5.74, 6) is 7.41. The number of rotatable bonds is 6. The molecule has 0 amide bonds. The molecule has 0 spiro atoms. The largest absolute Gasteiger partial charge is 0.271 e. The maximum atomic E-state index is 5.76. The average Bonchev–Trinajstić information content (AvgIpc) is 2.25. The van der Waals surface area contributed by atoms with E-state index < -0.39 is 0 Å². The lowest BCUT2D eigenvalue weighted by Gasteiger charge is -2.28. The molecule has 1 fully saturated rings. The molecule has 102 valence electrons. The number of nitrogens with two attached hydrogens (primary N) is 1. The molecule has 0 heterocycles. The van der Waals surface area contributed by atoms with Gasteiger partial charge in [-0.2, -0.15) is 0 Å². The minimum Gasteiger partial charge on any atom is -0.271 e. The van der Waals surface area contributed by atoms with Gasteiger partial charge in [0.05, 0.1) is 0 Å². The first kappa shape index (κ1) is 15.0. The zero-order chi connectivity index (χ0) is 12.5. The van der Waals surface area contributed by atoms with Crippen molar-refractivity contribution in [3.8, 4) is 0 Å². The van der Waals surface area contributed by atoms with Crippen LogP contribution < -0.4 is 11.3 Å². The second-order valence-corrected chi connectivity index (χ2v) is 6.20. The highest BCUT2D eigenvalue weighted by atomic mass is 15.2. The Balaban J connectivity index is 2.30. The zero-order valence-corrected chi connectivity index (χ0v) is 11.9. The molecule has 2 heteroatoms. The van der Waals surface area contributed by atoms with Crippen molar-refractivity contribution in [2.75, 3.05) is 0 Å². The molecule has 1 atom stereocenters. The maximum Gasteiger partial charge on any atom is 0.0238 e. The van der Waals surface area contributed by atoms with Gasteiger partial charge in [0, 0.05) is 6.04 Å². The van der Waals surface area contributed by atoms with Crippen LogP contribution in [0.3, 0.4) is 0 Å². The van der Waals surface area contributed by atoms with Crippen LogP contribution in [0.15, 0.2) is 0 Å². The lowest BCUT2D eigenvalue weighted by Crippen LogP contribution is -2.41. The zero-order valence-electron chi connectivity index (χ0n) is 11.9. The first-order valence-electron chi connectivity index (χ1n) is 7.70. The Hall–Kier alpha value is -0.0800. The van der Waals surface area contributed by atoms with Crippen molar-refractivity contribution in [3.63, 3.8) is 0 Å². The van der Waals surface area contributed by atoms with Crippen molar-refractivity contribution in [1.82, 2.24) is 5.43 Å². The van der Waals surface area contributed by atoms with E-state index in [1.165, 1.54) is 64.2 Å². The minimum atomic E-state index is 0.562. The summed E-state index contributed by atoms with van der Waals surface area (Å²) in [5, 5.41) is 0. The van der Waals surface area contributed by atoms with Crippen molar-refractivity contribution in [2.24, 2.45) is 17.7 Å². The highest BCUT2D eigenvalue weighted by Gasteiger charge is 2.20. The highest BCUT2D eigenvalue weighted by Crippen LogP contribution is 2.27. The van der Waals surface area contributed by atoms with Crippen LogP contribution >= 0.6 is 0 Å². The maximum absolute atomic E-state index is 5.76. The van der Waals surface area contributed by atoms with Gasteiger partial charge in [0.25, 0.3) is 0 Å². The van der Waals surface area contributed by atoms with E-state index in [-0.39, 0.29) is 0 Å². The molecule has 1 saturated carbocycles. The van der Waals surface area contributed by atoms with E-state index in [0.717, 1.165) is 11.8 Å². The Morgan fingerprint density at radius 1 is 1.00 bits per heavy atom. The molecule has 0 aromatic carbocycles. The summed E-state index contributed by atoms with van der Waals surface area (Å²) < 4.78 is 0. The molecule has 0 bridgehead atoms. The van der Waals surface area contributed by atoms with Crippen LogP contribution in [0, 0.1) is 11.8 Å². The van der Waals surface area contributed by atoms with E-state index in [9.17, 15) is 0 Å². The van der Waals surface area contributed by atoms with E-state index in [1.807, 2.05) is 0 Å². The fraction of sp³-hybridized carbons (Fsp3) is 1.00.